The zero-order chi connectivity index (χ0) is 28.9. The lowest BCUT2D eigenvalue weighted by Gasteiger charge is -2.24. The van der Waals surface area contributed by atoms with E-state index in [2.05, 4.69) is 4.98 Å². The summed E-state index contributed by atoms with van der Waals surface area (Å²) in [5.41, 5.74) is 1.20. The first-order valence-electron chi connectivity index (χ1n) is 12.7. The SMILES string of the molecule is CCN(CCOc1c(C(C)=O)c(C)c2nc(C(F)F)oc2c1OCCC(C)c1ccc(F)cc1)CC(C)(F)F. The molecule has 39 heavy (non-hydrogen) atoms. The van der Waals surface area contributed by atoms with Gasteiger partial charge in [0.05, 0.1) is 18.7 Å². The first kappa shape index (κ1) is 30.3. The number of carbonyl (C=O) groups excluding carboxylic acids is 1. The number of ether oxygens (including phenoxy) is 2. The molecule has 0 fully saturated rings. The number of fused-ring (bicyclic) bond motifs is 1. The Morgan fingerprint density at radius 3 is 2.33 bits per heavy atom. The number of nitrogens with zero attached hydrogens (tertiary/aromatic N) is 2. The molecule has 0 spiro atoms. The smallest absolute Gasteiger partial charge is 0.313 e. The quantitative estimate of drug-likeness (QED) is 0.153. The van der Waals surface area contributed by atoms with Crippen LogP contribution in [0, 0.1) is 12.7 Å². The summed E-state index contributed by atoms with van der Waals surface area (Å²) in [6.45, 7) is 7.31. The zero-order valence-corrected chi connectivity index (χ0v) is 22.6. The zero-order valence-electron chi connectivity index (χ0n) is 22.6. The van der Waals surface area contributed by atoms with Crippen LogP contribution in [-0.4, -0.2) is 54.4 Å². The molecule has 0 saturated heterocycles. The van der Waals surface area contributed by atoms with E-state index in [-0.39, 0.29) is 65.2 Å². The first-order valence-corrected chi connectivity index (χ1v) is 12.7. The van der Waals surface area contributed by atoms with E-state index in [1.807, 2.05) is 6.92 Å². The number of oxazole rings is 1. The lowest BCUT2D eigenvalue weighted by atomic mass is 9.98. The van der Waals surface area contributed by atoms with Crippen LogP contribution < -0.4 is 9.47 Å². The molecule has 0 aliphatic carbocycles. The second kappa shape index (κ2) is 12.8. The maximum atomic E-state index is 13.5. The summed E-state index contributed by atoms with van der Waals surface area (Å²) in [5, 5.41) is 0. The number of likely N-dealkylation sites (N-methyl/N-ethyl adjacent to an activating group) is 1. The molecule has 1 heterocycles. The van der Waals surface area contributed by atoms with E-state index in [9.17, 15) is 26.7 Å². The second-order valence-corrected chi connectivity index (χ2v) is 9.62. The van der Waals surface area contributed by atoms with Crippen molar-refractivity contribution in [2.45, 2.75) is 59.3 Å². The molecular weight excluding hydrogens is 523 g/mol. The number of hydrogen-bond acceptors (Lipinski definition) is 6. The van der Waals surface area contributed by atoms with E-state index in [0.717, 1.165) is 12.5 Å². The lowest BCUT2D eigenvalue weighted by Crippen LogP contribution is -2.37. The Labute approximate surface area is 224 Å². The van der Waals surface area contributed by atoms with Crippen molar-refractivity contribution in [3.63, 3.8) is 0 Å². The highest BCUT2D eigenvalue weighted by Crippen LogP contribution is 2.44. The van der Waals surface area contributed by atoms with Gasteiger partial charge in [0.15, 0.2) is 11.5 Å². The number of ketones is 1. The van der Waals surface area contributed by atoms with Gasteiger partial charge in [-0.25, -0.2) is 18.2 Å². The van der Waals surface area contributed by atoms with Crippen LogP contribution in [0.15, 0.2) is 28.7 Å². The van der Waals surface area contributed by atoms with Crippen LogP contribution in [-0.2, 0) is 0 Å². The van der Waals surface area contributed by atoms with Crippen LogP contribution >= 0.6 is 0 Å². The standard InChI is InChI=1S/C28H33F5N2O4/c1-6-35(15-28(5,32)33)12-14-38-23-21(18(4)36)17(3)22-24(39-27(34-22)26(30)31)25(23)37-13-11-16(2)19-7-9-20(29)10-8-19/h7-10,16,26H,6,11-15H2,1-5H3. The summed E-state index contributed by atoms with van der Waals surface area (Å²) in [4.78, 5) is 18.1. The van der Waals surface area contributed by atoms with Gasteiger partial charge in [-0.2, -0.15) is 8.78 Å². The summed E-state index contributed by atoms with van der Waals surface area (Å²) in [6, 6.07) is 6.04. The summed E-state index contributed by atoms with van der Waals surface area (Å²) >= 11 is 0. The van der Waals surface area contributed by atoms with Gasteiger partial charge in [-0.1, -0.05) is 26.0 Å². The molecule has 0 amide bonds. The molecule has 3 aromatic rings. The summed E-state index contributed by atoms with van der Waals surface area (Å²) in [7, 11) is 0. The average Bonchev–Trinajstić information content (AvgIpc) is 3.31. The highest BCUT2D eigenvalue weighted by Gasteiger charge is 2.29. The van der Waals surface area contributed by atoms with E-state index < -0.39 is 30.6 Å². The van der Waals surface area contributed by atoms with Gasteiger partial charge in [-0.15, -0.1) is 0 Å². The van der Waals surface area contributed by atoms with Crippen LogP contribution in [0.3, 0.4) is 0 Å². The number of aromatic nitrogens is 1. The van der Waals surface area contributed by atoms with Gasteiger partial charge in [0.1, 0.15) is 17.9 Å². The van der Waals surface area contributed by atoms with Crippen LogP contribution in [0.1, 0.15) is 73.8 Å². The summed E-state index contributed by atoms with van der Waals surface area (Å²) in [6.07, 6.45) is -2.54. The number of alkyl halides is 4. The molecular formula is C28H33F5N2O4. The second-order valence-electron chi connectivity index (χ2n) is 9.62. The Balaban J connectivity index is 1.95. The van der Waals surface area contributed by atoms with Crippen LogP contribution in [0.2, 0.25) is 0 Å². The molecule has 214 valence electrons. The topological polar surface area (TPSA) is 64.8 Å². The van der Waals surface area contributed by atoms with Crippen LogP contribution in [0.4, 0.5) is 22.0 Å². The molecule has 0 aliphatic rings. The largest absolute Gasteiger partial charge is 0.487 e. The number of hydrogen-bond donors (Lipinski definition) is 0. The Bertz CT molecular complexity index is 1270. The van der Waals surface area contributed by atoms with Gasteiger partial charge in [0.25, 0.3) is 11.8 Å². The molecule has 0 radical (unpaired) electrons. The normalized spacial score (nSPS) is 12.9. The maximum Gasteiger partial charge on any atom is 0.313 e. The molecule has 6 nitrogen and oxygen atoms in total. The molecule has 1 unspecified atom stereocenters. The predicted octanol–water partition coefficient (Wildman–Crippen LogP) is 7.34. The Morgan fingerprint density at radius 2 is 1.77 bits per heavy atom. The van der Waals surface area contributed by atoms with Crippen LogP contribution in [0.25, 0.3) is 11.1 Å². The monoisotopic (exact) mass is 556 g/mol. The van der Waals surface area contributed by atoms with Gasteiger partial charge in [-0.05, 0) is 56.0 Å². The predicted molar refractivity (Wildman–Crippen MR) is 137 cm³/mol. The van der Waals surface area contributed by atoms with E-state index >= 15 is 0 Å². The molecule has 1 aromatic heterocycles. The fraction of sp³-hybridized carbons (Fsp3) is 0.500. The fourth-order valence-electron chi connectivity index (χ4n) is 4.35. The van der Waals surface area contributed by atoms with Crippen molar-refractivity contribution in [2.75, 3.05) is 32.8 Å². The molecule has 3 rings (SSSR count). The first-order chi connectivity index (χ1) is 18.3. The third kappa shape index (κ3) is 7.68. The third-order valence-corrected chi connectivity index (χ3v) is 6.39. The number of halogens is 5. The fourth-order valence-corrected chi connectivity index (χ4v) is 4.35. The van der Waals surface area contributed by atoms with Crippen molar-refractivity contribution in [1.82, 2.24) is 9.88 Å². The van der Waals surface area contributed by atoms with Gasteiger partial charge >= 0.3 is 6.43 Å². The molecule has 0 bridgehead atoms. The van der Waals surface area contributed by atoms with E-state index in [4.69, 9.17) is 13.9 Å². The van der Waals surface area contributed by atoms with Crippen LogP contribution in [0.5, 0.6) is 11.5 Å². The Hall–Kier alpha value is -3.21. The number of benzene rings is 2. The van der Waals surface area contributed by atoms with Gasteiger partial charge in [0.2, 0.25) is 11.3 Å². The molecule has 1 atom stereocenters. The number of Topliss-reactive ketones (excluding diaryl/α,β-unsaturated/α-hetero) is 1. The molecule has 11 heteroatoms. The lowest BCUT2D eigenvalue weighted by molar-refractivity contribution is -0.0155. The maximum absolute atomic E-state index is 13.5. The van der Waals surface area contributed by atoms with Crippen molar-refractivity contribution in [3.8, 4) is 11.5 Å². The highest BCUT2D eigenvalue weighted by atomic mass is 19.3. The minimum atomic E-state index is -3.00. The van der Waals surface area contributed by atoms with Gasteiger partial charge < -0.3 is 13.9 Å². The number of carbonyl (C=O) groups is 1. The van der Waals surface area contributed by atoms with Crippen molar-refractivity contribution in [1.29, 1.82) is 0 Å². The number of rotatable bonds is 14. The van der Waals surface area contributed by atoms with Gasteiger partial charge in [0, 0.05) is 13.5 Å². The van der Waals surface area contributed by atoms with E-state index in [1.54, 1.807) is 26.0 Å². The molecule has 0 N–H and O–H groups in total. The van der Waals surface area contributed by atoms with Crippen molar-refractivity contribution < 1.29 is 40.6 Å². The summed E-state index contributed by atoms with van der Waals surface area (Å²) in [5.74, 6) is -4.62. The van der Waals surface area contributed by atoms with Crippen molar-refractivity contribution >= 4 is 16.9 Å². The minimum absolute atomic E-state index is 0.0155. The summed E-state index contributed by atoms with van der Waals surface area (Å²) < 4.78 is 84.6. The Kier molecular flexibility index (Phi) is 9.93. The third-order valence-electron chi connectivity index (χ3n) is 6.39. The van der Waals surface area contributed by atoms with Crippen molar-refractivity contribution in [3.05, 3.63) is 52.7 Å². The molecule has 2 aromatic carbocycles. The van der Waals surface area contributed by atoms with Gasteiger partial charge in [-0.3, -0.25) is 9.69 Å². The number of aryl methyl sites for hydroxylation is 1. The minimum Gasteiger partial charge on any atom is -0.487 e. The van der Waals surface area contributed by atoms with E-state index in [1.165, 1.54) is 24.0 Å². The molecule has 0 aliphatic heterocycles. The average molecular weight is 557 g/mol. The Morgan fingerprint density at radius 1 is 1.13 bits per heavy atom. The molecule has 0 saturated carbocycles. The van der Waals surface area contributed by atoms with E-state index in [0.29, 0.717) is 13.0 Å². The van der Waals surface area contributed by atoms with Crippen molar-refractivity contribution in [2.24, 2.45) is 0 Å². The highest BCUT2D eigenvalue weighted by molar-refractivity contribution is 6.05.